The number of fused-ring (bicyclic) bond motifs is 7. The summed E-state index contributed by atoms with van der Waals surface area (Å²) in [5.74, 6) is -1.23. The third-order valence-electron chi connectivity index (χ3n) is 13.3. The molecule has 2 unspecified atom stereocenters. The molecule has 0 aliphatic heterocycles. The molecule has 5 aliphatic rings. The summed E-state index contributed by atoms with van der Waals surface area (Å²) in [6.45, 7) is 17.9. The monoisotopic (exact) mass is 579 g/mol. The van der Waals surface area contributed by atoms with Crippen molar-refractivity contribution in [3.63, 3.8) is 0 Å². The van der Waals surface area contributed by atoms with Crippen LogP contribution in [0.25, 0.3) is 0 Å². The molecule has 7 heteroatoms. The molecule has 8 atom stereocenters. The maximum atomic E-state index is 13.5. The molecule has 0 heterocycles. The third kappa shape index (κ3) is 3.89. The first kappa shape index (κ1) is 31.0. The van der Waals surface area contributed by atoms with Gasteiger partial charge in [-0.2, -0.15) is 5.26 Å². The predicted molar refractivity (Wildman–Crippen MR) is 158 cm³/mol. The molecule has 0 radical (unpaired) electrons. The van der Waals surface area contributed by atoms with Crippen LogP contribution in [0.15, 0.2) is 23.3 Å². The number of nitrogens with zero attached hydrogens (tertiary/aromatic N) is 1. The lowest BCUT2D eigenvalue weighted by molar-refractivity contribution is -0.294. The number of esters is 2. The van der Waals surface area contributed by atoms with Crippen LogP contribution in [0.2, 0.25) is 0 Å². The predicted octanol–water partition coefficient (Wildman–Crippen LogP) is 6.25. The number of carbonyl (C=O) groups excluding carboxylic acids is 3. The van der Waals surface area contributed by atoms with Crippen molar-refractivity contribution in [1.29, 1.82) is 5.26 Å². The quantitative estimate of drug-likeness (QED) is 0.311. The first-order chi connectivity index (χ1) is 19.2. The van der Waals surface area contributed by atoms with Gasteiger partial charge in [0.15, 0.2) is 5.78 Å². The van der Waals surface area contributed by atoms with Gasteiger partial charge in [-0.1, -0.05) is 60.1 Å². The molecule has 5 aliphatic carbocycles. The molecule has 42 heavy (non-hydrogen) atoms. The van der Waals surface area contributed by atoms with E-state index in [1.54, 1.807) is 0 Å². The Bertz CT molecular complexity index is 1330. The molecule has 0 saturated heterocycles. The molecule has 3 fully saturated rings. The van der Waals surface area contributed by atoms with Crippen LogP contribution in [0.5, 0.6) is 0 Å². The summed E-state index contributed by atoms with van der Waals surface area (Å²) < 4.78 is 11.9. The highest BCUT2D eigenvalue weighted by atomic mass is 16.6. The number of ether oxygens (including phenoxy) is 2. The minimum absolute atomic E-state index is 0.0399. The first-order valence-electron chi connectivity index (χ1n) is 15.7. The number of carbonyl (C=O) groups is 3. The van der Waals surface area contributed by atoms with Gasteiger partial charge in [-0.15, -0.1) is 0 Å². The maximum Gasteiger partial charge on any atom is 0.303 e. The average Bonchev–Trinajstić information content (AvgIpc) is 2.88. The molecular formula is C35H49NO6. The van der Waals surface area contributed by atoms with Crippen LogP contribution in [0.4, 0.5) is 0 Å². The Kier molecular flexibility index (Phi) is 6.84. The van der Waals surface area contributed by atoms with Gasteiger partial charge in [0.1, 0.15) is 17.8 Å². The lowest BCUT2D eigenvalue weighted by atomic mass is 9.32. The van der Waals surface area contributed by atoms with Crippen molar-refractivity contribution in [2.45, 2.75) is 119 Å². The Balaban J connectivity index is 1.77. The van der Waals surface area contributed by atoms with Gasteiger partial charge in [0.2, 0.25) is 0 Å². The fourth-order valence-corrected chi connectivity index (χ4v) is 10.8. The van der Waals surface area contributed by atoms with E-state index in [4.69, 9.17) is 9.47 Å². The highest BCUT2D eigenvalue weighted by Gasteiger charge is 2.76. The fourth-order valence-electron chi connectivity index (χ4n) is 10.8. The second-order valence-electron chi connectivity index (χ2n) is 16.3. The van der Waals surface area contributed by atoms with Gasteiger partial charge in [0, 0.05) is 41.4 Å². The summed E-state index contributed by atoms with van der Waals surface area (Å²) in [5, 5.41) is 23.5. The Labute approximate surface area is 251 Å². The number of Topliss-reactive ketones (excluding diaryl/α,β-unsaturated/α-hetero) is 1. The van der Waals surface area contributed by atoms with Crippen LogP contribution in [0, 0.1) is 55.7 Å². The first-order valence-corrected chi connectivity index (χ1v) is 15.7. The van der Waals surface area contributed by atoms with E-state index in [1.807, 2.05) is 26.0 Å². The SMILES string of the molecule is CC(=O)OC[C@]12CCC(C)(C)CC1[C@@]1(O)[C@H](OC(C)=O)C=C3[C@@]4(C)C=C(C#N)C(=O)C(C)(C)C4CC[C@@]3(C)[C@]1(C)CC2. The van der Waals surface area contributed by atoms with E-state index in [0.717, 1.165) is 44.1 Å². The van der Waals surface area contributed by atoms with Crippen LogP contribution in [-0.2, 0) is 23.9 Å². The van der Waals surface area contributed by atoms with Crippen molar-refractivity contribution in [2.75, 3.05) is 6.61 Å². The van der Waals surface area contributed by atoms with E-state index >= 15 is 0 Å². The largest absolute Gasteiger partial charge is 0.465 e. The zero-order valence-corrected chi connectivity index (χ0v) is 27.0. The van der Waals surface area contributed by atoms with Gasteiger partial charge in [-0.25, -0.2) is 0 Å². The van der Waals surface area contributed by atoms with Crippen LogP contribution in [-0.4, -0.2) is 41.1 Å². The summed E-state index contributed by atoms with van der Waals surface area (Å²) in [7, 11) is 0. The normalized spacial score (nSPS) is 45.0. The molecule has 5 rings (SSSR count). The van der Waals surface area contributed by atoms with E-state index in [1.165, 1.54) is 13.8 Å². The summed E-state index contributed by atoms with van der Waals surface area (Å²) in [6, 6.07) is 2.17. The van der Waals surface area contributed by atoms with E-state index in [2.05, 4.69) is 40.7 Å². The zero-order valence-electron chi connectivity index (χ0n) is 27.0. The third-order valence-corrected chi connectivity index (χ3v) is 13.3. The van der Waals surface area contributed by atoms with Crippen molar-refractivity contribution in [2.24, 2.45) is 44.3 Å². The fraction of sp³-hybridized carbons (Fsp3) is 0.771. The molecule has 0 aromatic carbocycles. The number of nitriles is 1. The standard InChI is InChI=1S/C35H49NO6/c1-21(37)41-20-34-14-12-29(3,4)18-26(34)35(40)27(42-22(2)38)16-25-31(7)17-23(19-36)28(39)30(5,6)24(31)10-11-32(25,8)33(35,9)13-15-34/h16-17,24,26-27,40H,10-15,18,20H2,1-9H3/t24?,26?,27-,31+,32-,33+,34-,35-/m1/s1. The van der Waals surface area contributed by atoms with Gasteiger partial charge in [-0.3, -0.25) is 14.4 Å². The van der Waals surface area contributed by atoms with Gasteiger partial charge in [0.25, 0.3) is 0 Å². The Morgan fingerprint density at radius 1 is 0.976 bits per heavy atom. The minimum atomic E-state index is -1.42. The maximum absolute atomic E-state index is 13.5. The van der Waals surface area contributed by atoms with Gasteiger partial charge in [0.05, 0.1) is 12.2 Å². The summed E-state index contributed by atoms with van der Waals surface area (Å²) in [5.41, 5.74) is -3.21. The highest BCUT2D eigenvalue weighted by Crippen LogP contribution is 2.76. The van der Waals surface area contributed by atoms with E-state index in [-0.39, 0.29) is 41.2 Å². The van der Waals surface area contributed by atoms with Crippen LogP contribution in [0.1, 0.15) is 107 Å². The van der Waals surface area contributed by atoms with Gasteiger partial charge >= 0.3 is 11.9 Å². The van der Waals surface area contributed by atoms with E-state index in [0.29, 0.717) is 6.42 Å². The Morgan fingerprint density at radius 3 is 2.21 bits per heavy atom. The molecule has 0 amide bonds. The Hall–Kier alpha value is -2.46. The topological polar surface area (TPSA) is 114 Å². The molecule has 3 saturated carbocycles. The zero-order chi connectivity index (χ0) is 31.3. The number of ketones is 1. The van der Waals surface area contributed by atoms with Crippen molar-refractivity contribution in [1.82, 2.24) is 0 Å². The summed E-state index contributed by atoms with van der Waals surface area (Å²) >= 11 is 0. The van der Waals surface area contributed by atoms with Crippen molar-refractivity contribution in [3.05, 3.63) is 23.3 Å². The molecule has 7 nitrogen and oxygen atoms in total. The summed E-state index contributed by atoms with van der Waals surface area (Å²) in [4.78, 5) is 38.1. The van der Waals surface area contributed by atoms with Crippen LogP contribution < -0.4 is 0 Å². The average molecular weight is 580 g/mol. The molecule has 1 N–H and O–H groups in total. The molecule has 0 spiro atoms. The molecule has 230 valence electrons. The van der Waals surface area contributed by atoms with Crippen molar-refractivity contribution < 1.29 is 29.0 Å². The highest BCUT2D eigenvalue weighted by molar-refractivity contribution is 6.04. The van der Waals surface area contributed by atoms with Crippen LogP contribution in [0.3, 0.4) is 0 Å². The number of aliphatic hydroxyl groups is 1. The van der Waals surface area contributed by atoms with Crippen LogP contribution >= 0.6 is 0 Å². The summed E-state index contributed by atoms with van der Waals surface area (Å²) in [6.07, 6.45) is 8.44. The molecular weight excluding hydrogens is 530 g/mol. The van der Waals surface area contributed by atoms with Gasteiger partial charge < -0.3 is 14.6 Å². The Morgan fingerprint density at radius 2 is 1.62 bits per heavy atom. The number of hydrogen-bond acceptors (Lipinski definition) is 7. The van der Waals surface area contributed by atoms with E-state index in [9.17, 15) is 24.8 Å². The number of rotatable bonds is 3. The lowest BCUT2D eigenvalue weighted by Gasteiger charge is -2.73. The molecule has 0 bridgehead atoms. The smallest absolute Gasteiger partial charge is 0.303 e. The number of allylic oxidation sites excluding steroid dienone is 3. The minimum Gasteiger partial charge on any atom is -0.465 e. The van der Waals surface area contributed by atoms with Gasteiger partial charge in [-0.05, 0) is 67.8 Å². The second kappa shape index (κ2) is 9.27. The van der Waals surface area contributed by atoms with Crippen molar-refractivity contribution in [3.8, 4) is 6.07 Å². The number of hydrogen-bond donors (Lipinski definition) is 1. The van der Waals surface area contributed by atoms with Crippen molar-refractivity contribution >= 4 is 17.7 Å². The lowest BCUT2D eigenvalue weighted by Crippen LogP contribution is -2.76. The van der Waals surface area contributed by atoms with E-state index < -0.39 is 44.7 Å². The second-order valence-corrected chi connectivity index (χ2v) is 16.3. The molecule has 0 aromatic rings. The molecule has 0 aromatic heterocycles.